The van der Waals surface area contributed by atoms with Crippen LogP contribution in [0.3, 0.4) is 0 Å². The second kappa shape index (κ2) is 6.02. The zero-order valence-corrected chi connectivity index (χ0v) is 13.8. The molecule has 3 aromatic rings. The van der Waals surface area contributed by atoms with Gasteiger partial charge in [-0.3, -0.25) is 4.72 Å². The van der Waals surface area contributed by atoms with E-state index < -0.39 is 16.0 Å². The predicted molar refractivity (Wildman–Crippen MR) is 91.7 cm³/mol. The molecular formula is C15H11N3O4S2. The number of aromatic nitrogens is 2. The van der Waals surface area contributed by atoms with E-state index in [9.17, 15) is 18.3 Å². The van der Waals surface area contributed by atoms with E-state index in [1.807, 2.05) is 0 Å². The van der Waals surface area contributed by atoms with Crippen LogP contribution in [0.15, 0.2) is 47.9 Å². The number of carboxylic acids is 1. The van der Waals surface area contributed by atoms with Gasteiger partial charge in [0.05, 0.1) is 23.0 Å². The second-order valence-electron chi connectivity index (χ2n) is 4.81. The number of hydrogen-bond acceptors (Lipinski definition) is 6. The van der Waals surface area contributed by atoms with Gasteiger partial charge < -0.3 is 5.11 Å². The van der Waals surface area contributed by atoms with Crippen molar-refractivity contribution < 1.29 is 18.3 Å². The molecule has 7 nitrogen and oxygen atoms in total. The Bertz CT molecular complexity index is 1060. The minimum absolute atomic E-state index is 0.0416. The predicted octanol–water partition coefficient (Wildman–Crippen LogP) is 2.83. The van der Waals surface area contributed by atoms with Gasteiger partial charge in [-0.15, -0.1) is 0 Å². The van der Waals surface area contributed by atoms with E-state index in [0.29, 0.717) is 11.1 Å². The van der Waals surface area contributed by atoms with Crippen LogP contribution >= 0.6 is 11.7 Å². The number of aromatic carboxylic acids is 1. The minimum atomic E-state index is -4.03. The third-order valence-corrected chi connectivity index (χ3v) is 5.23. The van der Waals surface area contributed by atoms with Gasteiger partial charge in [-0.05, 0) is 29.8 Å². The number of hydrogen-bond donors (Lipinski definition) is 2. The fourth-order valence-corrected chi connectivity index (χ4v) is 4.00. The Kier molecular flexibility index (Phi) is 4.04. The first-order chi connectivity index (χ1) is 11.4. The molecule has 0 aliphatic carbocycles. The lowest BCUT2D eigenvalue weighted by Crippen LogP contribution is -2.16. The van der Waals surface area contributed by atoms with Crippen molar-refractivity contribution in [2.45, 2.75) is 4.90 Å². The highest BCUT2D eigenvalue weighted by molar-refractivity contribution is 7.93. The molecule has 122 valence electrons. The van der Waals surface area contributed by atoms with Crippen molar-refractivity contribution in [3.05, 3.63) is 54.1 Å². The topological polar surface area (TPSA) is 109 Å². The lowest BCUT2D eigenvalue weighted by Gasteiger charge is -2.11. The summed E-state index contributed by atoms with van der Waals surface area (Å²) < 4.78 is 35.7. The molecule has 0 aliphatic heterocycles. The largest absolute Gasteiger partial charge is 0.478 e. The Labute approximate surface area is 141 Å². The smallest absolute Gasteiger partial charge is 0.337 e. The standard InChI is InChI=1S/C15H11N3O4S2/c1-2-9-6-7-10(15(19)20)12(8-9)18-24(21,22)13-5-3-4-11-14(13)17-23-16-11/h2-8,18H,1H2,(H,19,20). The molecule has 24 heavy (non-hydrogen) atoms. The first-order valence-corrected chi connectivity index (χ1v) is 8.87. The van der Waals surface area contributed by atoms with E-state index in [2.05, 4.69) is 20.0 Å². The van der Waals surface area contributed by atoms with Gasteiger partial charge >= 0.3 is 5.97 Å². The summed E-state index contributed by atoms with van der Waals surface area (Å²) in [5.74, 6) is -1.24. The molecule has 9 heteroatoms. The highest BCUT2D eigenvalue weighted by Crippen LogP contribution is 2.26. The van der Waals surface area contributed by atoms with Gasteiger partial charge in [0.2, 0.25) is 0 Å². The molecule has 2 aromatic carbocycles. The summed E-state index contributed by atoms with van der Waals surface area (Å²) in [6.45, 7) is 3.59. The van der Waals surface area contributed by atoms with Gasteiger partial charge in [-0.25, -0.2) is 13.2 Å². The summed E-state index contributed by atoms with van der Waals surface area (Å²) in [5, 5.41) is 9.25. The quantitative estimate of drug-likeness (QED) is 0.723. The van der Waals surface area contributed by atoms with Crippen molar-refractivity contribution in [1.29, 1.82) is 0 Å². The van der Waals surface area contributed by atoms with Crippen LogP contribution in [-0.4, -0.2) is 28.2 Å². The lowest BCUT2D eigenvalue weighted by atomic mass is 10.1. The number of nitrogens with one attached hydrogen (secondary N) is 1. The van der Waals surface area contributed by atoms with Crippen molar-refractivity contribution in [3.63, 3.8) is 0 Å². The highest BCUT2D eigenvalue weighted by Gasteiger charge is 2.22. The molecule has 0 radical (unpaired) electrons. The Morgan fingerprint density at radius 1 is 1.25 bits per heavy atom. The first kappa shape index (κ1) is 16.1. The van der Waals surface area contributed by atoms with Crippen molar-refractivity contribution in [2.75, 3.05) is 4.72 Å². The molecule has 0 atom stereocenters. The van der Waals surface area contributed by atoms with E-state index in [1.165, 1.54) is 24.3 Å². The summed E-state index contributed by atoms with van der Waals surface area (Å²) in [6.07, 6.45) is 1.49. The van der Waals surface area contributed by atoms with Crippen LogP contribution in [0, 0.1) is 0 Å². The molecule has 0 saturated heterocycles. The van der Waals surface area contributed by atoms with Crippen LogP contribution < -0.4 is 4.72 Å². The number of nitrogens with zero attached hydrogens (tertiary/aromatic N) is 2. The Hall–Kier alpha value is -2.78. The van der Waals surface area contributed by atoms with E-state index in [4.69, 9.17) is 0 Å². The van der Waals surface area contributed by atoms with Gasteiger partial charge in [0.25, 0.3) is 10.0 Å². The zero-order chi connectivity index (χ0) is 17.3. The van der Waals surface area contributed by atoms with Crippen molar-refractivity contribution in [1.82, 2.24) is 8.75 Å². The van der Waals surface area contributed by atoms with E-state index >= 15 is 0 Å². The minimum Gasteiger partial charge on any atom is -0.478 e. The number of carboxylic acid groups (broad SMARTS) is 1. The van der Waals surface area contributed by atoms with Crippen LogP contribution in [0.5, 0.6) is 0 Å². The van der Waals surface area contributed by atoms with Gasteiger partial charge in [0.15, 0.2) is 0 Å². The SMILES string of the molecule is C=Cc1ccc(C(=O)O)c(NS(=O)(=O)c2cccc3nsnc23)c1. The van der Waals surface area contributed by atoms with Crippen molar-refractivity contribution >= 4 is 50.5 Å². The monoisotopic (exact) mass is 361 g/mol. The van der Waals surface area contributed by atoms with E-state index in [1.54, 1.807) is 18.2 Å². The van der Waals surface area contributed by atoms with Crippen molar-refractivity contribution in [2.24, 2.45) is 0 Å². The second-order valence-corrected chi connectivity index (χ2v) is 6.99. The fraction of sp³-hybridized carbons (Fsp3) is 0. The normalized spacial score (nSPS) is 11.3. The lowest BCUT2D eigenvalue weighted by molar-refractivity contribution is 0.0698. The summed E-state index contributed by atoms with van der Waals surface area (Å²) in [7, 11) is -4.03. The Morgan fingerprint density at radius 3 is 2.75 bits per heavy atom. The molecule has 0 aliphatic rings. The van der Waals surface area contributed by atoms with Gasteiger partial charge in [0, 0.05) is 0 Å². The molecule has 1 aromatic heterocycles. The summed E-state index contributed by atoms with van der Waals surface area (Å²) >= 11 is 0.904. The molecule has 3 rings (SSSR count). The molecule has 0 amide bonds. The molecule has 0 spiro atoms. The first-order valence-electron chi connectivity index (χ1n) is 6.66. The maximum atomic E-state index is 12.7. The number of carbonyl (C=O) groups is 1. The summed E-state index contributed by atoms with van der Waals surface area (Å²) in [5.41, 5.74) is 1.09. The number of fused-ring (bicyclic) bond motifs is 1. The van der Waals surface area contributed by atoms with Crippen LogP contribution in [0.2, 0.25) is 0 Å². The van der Waals surface area contributed by atoms with E-state index in [-0.39, 0.29) is 21.7 Å². The highest BCUT2D eigenvalue weighted by atomic mass is 32.2. The van der Waals surface area contributed by atoms with Gasteiger partial charge in [-0.1, -0.05) is 24.8 Å². The molecule has 0 fully saturated rings. The van der Waals surface area contributed by atoms with Crippen LogP contribution in [0.1, 0.15) is 15.9 Å². The number of anilines is 1. The average molecular weight is 361 g/mol. The number of benzene rings is 2. The third kappa shape index (κ3) is 2.86. The number of sulfonamides is 1. The Balaban J connectivity index is 2.12. The number of rotatable bonds is 5. The Morgan fingerprint density at radius 2 is 2.04 bits per heavy atom. The molecule has 1 heterocycles. The van der Waals surface area contributed by atoms with E-state index in [0.717, 1.165) is 11.7 Å². The zero-order valence-electron chi connectivity index (χ0n) is 12.1. The molecule has 2 N–H and O–H groups in total. The van der Waals surface area contributed by atoms with Gasteiger partial charge in [-0.2, -0.15) is 8.75 Å². The maximum absolute atomic E-state index is 12.7. The third-order valence-electron chi connectivity index (χ3n) is 3.29. The molecule has 0 saturated carbocycles. The van der Waals surface area contributed by atoms with Gasteiger partial charge in [0.1, 0.15) is 15.9 Å². The fourth-order valence-electron chi connectivity index (χ4n) is 2.16. The summed E-state index contributed by atoms with van der Waals surface area (Å²) in [6, 6.07) is 8.87. The van der Waals surface area contributed by atoms with Crippen LogP contribution in [-0.2, 0) is 10.0 Å². The molecule has 0 bridgehead atoms. The maximum Gasteiger partial charge on any atom is 0.337 e. The average Bonchev–Trinajstić information content (AvgIpc) is 3.02. The van der Waals surface area contributed by atoms with Crippen molar-refractivity contribution in [3.8, 4) is 0 Å². The molecule has 0 unspecified atom stereocenters. The van der Waals surface area contributed by atoms with Crippen LogP contribution in [0.25, 0.3) is 17.1 Å². The summed E-state index contributed by atoms with van der Waals surface area (Å²) in [4.78, 5) is 11.3. The van der Waals surface area contributed by atoms with Crippen LogP contribution in [0.4, 0.5) is 5.69 Å². The molecular weight excluding hydrogens is 350 g/mol.